The first-order chi connectivity index (χ1) is 8.08. The van der Waals surface area contributed by atoms with Gasteiger partial charge >= 0.3 is 5.97 Å². The lowest BCUT2D eigenvalue weighted by Gasteiger charge is -2.01. The van der Waals surface area contributed by atoms with E-state index in [-0.39, 0.29) is 28.8 Å². The highest BCUT2D eigenvalue weighted by atomic mass is 19.2. The molecule has 6 heteroatoms. The number of carbonyl (C=O) groups excluding carboxylic acids is 1. The summed E-state index contributed by atoms with van der Waals surface area (Å²) in [6.07, 6.45) is 0. The van der Waals surface area contributed by atoms with Crippen molar-refractivity contribution in [3.8, 4) is 0 Å². The average Bonchev–Trinajstić information content (AvgIpc) is 2.77. The lowest BCUT2D eigenvalue weighted by molar-refractivity contribution is 0.0601. The van der Waals surface area contributed by atoms with Crippen LogP contribution in [0.1, 0.15) is 16.1 Å². The van der Waals surface area contributed by atoms with Crippen LogP contribution in [-0.2, 0) is 11.3 Å². The molecule has 1 aromatic heterocycles. The summed E-state index contributed by atoms with van der Waals surface area (Å²) in [5, 5.41) is -0.120. The number of furan rings is 1. The number of nitrogens with two attached hydrogens (primary N) is 1. The fourth-order valence-electron chi connectivity index (χ4n) is 1.55. The van der Waals surface area contributed by atoms with Crippen LogP contribution in [0.3, 0.4) is 0 Å². The number of carbonyl (C=O) groups is 1. The van der Waals surface area contributed by atoms with Gasteiger partial charge in [-0.1, -0.05) is 0 Å². The molecule has 1 heterocycles. The smallest absolute Gasteiger partial charge is 0.341 e. The van der Waals surface area contributed by atoms with Crippen LogP contribution in [0.2, 0.25) is 0 Å². The van der Waals surface area contributed by atoms with Gasteiger partial charge in [-0.05, 0) is 12.1 Å². The van der Waals surface area contributed by atoms with Crippen LogP contribution in [-0.4, -0.2) is 13.1 Å². The highest BCUT2D eigenvalue weighted by Gasteiger charge is 2.21. The van der Waals surface area contributed by atoms with E-state index in [2.05, 4.69) is 4.74 Å². The van der Waals surface area contributed by atoms with E-state index in [1.54, 1.807) is 0 Å². The Hall–Kier alpha value is -1.95. The maximum atomic E-state index is 13.5. The number of hydrogen-bond acceptors (Lipinski definition) is 4. The zero-order valence-corrected chi connectivity index (χ0v) is 8.92. The molecular weight excluding hydrogens is 232 g/mol. The van der Waals surface area contributed by atoms with Gasteiger partial charge in [0.05, 0.1) is 19.0 Å². The molecule has 4 nitrogen and oxygen atoms in total. The Bertz CT molecular complexity index is 592. The normalized spacial score (nSPS) is 10.8. The minimum atomic E-state index is -1.14. The standard InChI is InChI=1S/C11H9F2NO3/c1-16-11(15)7-3-8(12)9(13)6-2-5(4-14)17-10(6)7/h2-3H,4,14H2,1H3. The van der Waals surface area contributed by atoms with E-state index in [9.17, 15) is 13.6 Å². The average molecular weight is 241 g/mol. The predicted molar refractivity (Wildman–Crippen MR) is 55.4 cm³/mol. The Morgan fingerprint density at radius 1 is 1.47 bits per heavy atom. The molecule has 0 radical (unpaired) electrons. The fraction of sp³-hybridized carbons (Fsp3) is 0.182. The SMILES string of the molecule is COC(=O)c1cc(F)c(F)c2cc(CN)oc12. The third-order valence-corrected chi connectivity index (χ3v) is 2.35. The van der Waals surface area contributed by atoms with Crippen LogP contribution in [0, 0.1) is 11.6 Å². The zero-order valence-electron chi connectivity index (χ0n) is 8.92. The molecule has 1 aromatic carbocycles. The third-order valence-electron chi connectivity index (χ3n) is 2.35. The summed E-state index contributed by atoms with van der Waals surface area (Å²) >= 11 is 0. The second-order valence-corrected chi connectivity index (χ2v) is 3.37. The first-order valence-electron chi connectivity index (χ1n) is 4.77. The summed E-state index contributed by atoms with van der Waals surface area (Å²) in [7, 11) is 1.14. The van der Waals surface area contributed by atoms with E-state index in [4.69, 9.17) is 10.2 Å². The van der Waals surface area contributed by atoms with E-state index in [0.29, 0.717) is 0 Å². The molecule has 2 aromatic rings. The summed E-state index contributed by atoms with van der Waals surface area (Å²) in [6.45, 7) is 0.0242. The second-order valence-electron chi connectivity index (χ2n) is 3.37. The molecule has 0 saturated heterocycles. The molecule has 0 saturated carbocycles. The van der Waals surface area contributed by atoms with Gasteiger partial charge in [-0.2, -0.15) is 0 Å². The van der Waals surface area contributed by atoms with Crippen LogP contribution < -0.4 is 5.73 Å². The van der Waals surface area contributed by atoms with E-state index in [1.807, 2.05) is 0 Å². The van der Waals surface area contributed by atoms with Crippen molar-refractivity contribution in [2.75, 3.05) is 7.11 Å². The molecule has 0 atom stereocenters. The maximum Gasteiger partial charge on any atom is 0.341 e. The number of rotatable bonds is 2. The van der Waals surface area contributed by atoms with Gasteiger partial charge in [-0.3, -0.25) is 0 Å². The van der Waals surface area contributed by atoms with Crippen LogP contribution >= 0.6 is 0 Å². The molecule has 0 spiro atoms. The molecule has 0 fully saturated rings. The van der Waals surface area contributed by atoms with Crippen molar-refractivity contribution in [2.24, 2.45) is 5.73 Å². The Morgan fingerprint density at radius 3 is 2.76 bits per heavy atom. The van der Waals surface area contributed by atoms with Crippen LogP contribution in [0.5, 0.6) is 0 Å². The largest absolute Gasteiger partial charge is 0.465 e. The van der Waals surface area contributed by atoms with Gasteiger partial charge in [-0.15, -0.1) is 0 Å². The topological polar surface area (TPSA) is 65.5 Å². The number of ether oxygens (including phenoxy) is 1. The van der Waals surface area contributed by atoms with Gasteiger partial charge in [0.15, 0.2) is 17.2 Å². The minimum absolute atomic E-state index is 0.0242. The lowest BCUT2D eigenvalue weighted by Crippen LogP contribution is -2.03. The Labute approximate surface area is 94.9 Å². The monoisotopic (exact) mass is 241 g/mol. The van der Waals surface area contributed by atoms with Gasteiger partial charge < -0.3 is 14.9 Å². The van der Waals surface area contributed by atoms with Crippen LogP contribution in [0.25, 0.3) is 11.0 Å². The molecule has 0 bridgehead atoms. The molecule has 17 heavy (non-hydrogen) atoms. The van der Waals surface area contributed by atoms with Crippen molar-refractivity contribution in [1.82, 2.24) is 0 Å². The van der Waals surface area contributed by atoms with Gasteiger partial charge in [-0.25, -0.2) is 13.6 Å². The van der Waals surface area contributed by atoms with E-state index in [0.717, 1.165) is 13.2 Å². The van der Waals surface area contributed by atoms with Gasteiger partial charge in [0.25, 0.3) is 0 Å². The van der Waals surface area contributed by atoms with E-state index >= 15 is 0 Å². The highest BCUT2D eigenvalue weighted by molar-refractivity contribution is 6.02. The predicted octanol–water partition coefficient (Wildman–Crippen LogP) is 1.96. The van der Waals surface area contributed by atoms with Crippen molar-refractivity contribution in [3.63, 3.8) is 0 Å². The first-order valence-corrected chi connectivity index (χ1v) is 4.77. The van der Waals surface area contributed by atoms with E-state index in [1.165, 1.54) is 6.07 Å². The maximum absolute atomic E-state index is 13.5. The number of esters is 1. The minimum Gasteiger partial charge on any atom is -0.465 e. The Balaban J connectivity index is 2.79. The van der Waals surface area contributed by atoms with Crippen molar-refractivity contribution >= 4 is 16.9 Å². The van der Waals surface area contributed by atoms with Crippen molar-refractivity contribution in [3.05, 3.63) is 35.1 Å². The Morgan fingerprint density at radius 2 is 2.18 bits per heavy atom. The molecule has 0 unspecified atom stereocenters. The van der Waals surface area contributed by atoms with Crippen LogP contribution in [0.4, 0.5) is 8.78 Å². The molecule has 0 aliphatic rings. The van der Waals surface area contributed by atoms with Crippen LogP contribution in [0.15, 0.2) is 16.5 Å². The number of fused-ring (bicyclic) bond motifs is 1. The van der Waals surface area contributed by atoms with E-state index < -0.39 is 17.6 Å². The summed E-state index contributed by atoms with van der Waals surface area (Å²) < 4.78 is 36.4. The lowest BCUT2D eigenvalue weighted by atomic mass is 10.1. The van der Waals surface area contributed by atoms with Gasteiger partial charge in [0, 0.05) is 0 Å². The summed E-state index contributed by atoms with van der Waals surface area (Å²) in [5.41, 5.74) is 5.11. The van der Waals surface area contributed by atoms with Crippen molar-refractivity contribution < 1.29 is 22.7 Å². The third kappa shape index (κ3) is 1.76. The molecular formula is C11H9F2NO3. The van der Waals surface area contributed by atoms with Crippen molar-refractivity contribution in [1.29, 1.82) is 0 Å². The second kappa shape index (κ2) is 4.14. The highest BCUT2D eigenvalue weighted by Crippen LogP contribution is 2.28. The molecule has 2 rings (SSSR count). The molecule has 0 aliphatic heterocycles. The van der Waals surface area contributed by atoms with Gasteiger partial charge in [0.1, 0.15) is 11.3 Å². The molecule has 2 N–H and O–H groups in total. The zero-order chi connectivity index (χ0) is 12.6. The first kappa shape index (κ1) is 11.5. The summed E-state index contributed by atoms with van der Waals surface area (Å²) in [6, 6.07) is 2.01. The quantitative estimate of drug-likeness (QED) is 0.816. The van der Waals surface area contributed by atoms with Gasteiger partial charge in [0.2, 0.25) is 0 Å². The summed E-state index contributed by atoms with van der Waals surface area (Å²) in [4.78, 5) is 11.4. The van der Waals surface area contributed by atoms with Crippen molar-refractivity contribution in [2.45, 2.75) is 6.54 Å². The number of methoxy groups -OCH3 is 1. The number of halogens is 2. The Kier molecular flexibility index (Phi) is 2.81. The summed E-state index contributed by atoms with van der Waals surface area (Å²) in [5.74, 6) is -2.75. The molecule has 0 aliphatic carbocycles. The number of hydrogen-bond donors (Lipinski definition) is 1. The number of benzene rings is 1. The molecule has 0 amide bonds. The fourth-order valence-corrected chi connectivity index (χ4v) is 1.55. The molecule has 90 valence electrons.